The van der Waals surface area contributed by atoms with E-state index in [1.54, 1.807) is 84.0 Å². The van der Waals surface area contributed by atoms with Crippen molar-refractivity contribution in [2.24, 2.45) is 21.1 Å². The van der Waals surface area contributed by atoms with Gasteiger partial charge in [-0.25, -0.2) is 4.98 Å². The third-order valence-electron chi connectivity index (χ3n) is 5.45. The molecule has 0 fully saturated rings. The summed E-state index contributed by atoms with van der Waals surface area (Å²) in [4.78, 5) is 44.9. The second kappa shape index (κ2) is 10.1. The lowest BCUT2D eigenvalue weighted by molar-refractivity contribution is 0.0945. The van der Waals surface area contributed by atoms with Crippen LogP contribution in [-0.2, 0) is 21.1 Å². The van der Waals surface area contributed by atoms with Crippen molar-refractivity contribution >= 4 is 40.7 Å². The van der Waals surface area contributed by atoms with Crippen LogP contribution in [0.2, 0.25) is 0 Å². The van der Waals surface area contributed by atoms with Gasteiger partial charge in [-0.15, -0.1) is 0 Å². The lowest BCUT2D eigenvalue weighted by Gasteiger charge is -2.06. The Bertz CT molecular complexity index is 1390. The fourth-order valence-electron chi connectivity index (χ4n) is 3.73. The number of carbonyl (C=O) groups excluding carboxylic acids is 3. The Morgan fingerprint density at radius 2 is 1.39 bits per heavy atom. The predicted octanol–water partition coefficient (Wildman–Crippen LogP) is 1.35. The van der Waals surface area contributed by atoms with Gasteiger partial charge in [0.1, 0.15) is 17.1 Å². The van der Waals surface area contributed by atoms with E-state index in [2.05, 4.69) is 31.2 Å². The van der Waals surface area contributed by atoms with Crippen molar-refractivity contribution in [2.45, 2.75) is 0 Å². The van der Waals surface area contributed by atoms with Gasteiger partial charge in [-0.05, 0) is 18.2 Å². The van der Waals surface area contributed by atoms with Crippen LogP contribution in [0.4, 0.5) is 23.0 Å². The molecule has 4 aromatic rings. The van der Waals surface area contributed by atoms with Crippen LogP contribution in [0.5, 0.6) is 0 Å². The minimum Gasteiger partial charge on any atom is -0.397 e. The van der Waals surface area contributed by atoms with Gasteiger partial charge in [0, 0.05) is 65.2 Å². The Balaban J connectivity index is 1.35. The summed E-state index contributed by atoms with van der Waals surface area (Å²) in [5.41, 5.74) is 8.27. The first kappa shape index (κ1) is 24.2. The Morgan fingerprint density at radius 1 is 0.833 bits per heavy atom. The highest BCUT2D eigenvalue weighted by atomic mass is 16.2. The molecule has 0 atom stereocenters. The monoisotopic (exact) mass is 492 g/mol. The van der Waals surface area contributed by atoms with E-state index in [0.717, 1.165) is 0 Å². The summed E-state index contributed by atoms with van der Waals surface area (Å²) in [7, 11) is 5.14. The number of amides is 3. The summed E-state index contributed by atoms with van der Waals surface area (Å²) in [5, 5.41) is 11.4. The largest absolute Gasteiger partial charge is 0.397 e. The topological polar surface area (TPSA) is 169 Å². The van der Waals surface area contributed by atoms with Gasteiger partial charge in [0.05, 0.1) is 17.1 Å². The zero-order chi connectivity index (χ0) is 25.8. The maximum Gasteiger partial charge on any atom is 0.272 e. The van der Waals surface area contributed by atoms with Gasteiger partial charge in [0.15, 0.2) is 5.95 Å². The summed E-state index contributed by atoms with van der Waals surface area (Å²) in [5.74, 6) is -0.378. The number of nitrogens with one attached hydrogen (secondary N) is 5. The lowest BCUT2D eigenvalue weighted by atomic mass is 10.3. The Hall–Kier alpha value is -4.94. The van der Waals surface area contributed by atoms with Crippen molar-refractivity contribution in [1.29, 1.82) is 0 Å². The number of aromatic nitrogens is 5. The third kappa shape index (κ3) is 5.41. The number of nitrogens with zero attached hydrogens (tertiary/aromatic N) is 4. The maximum absolute atomic E-state index is 12.9. The van der Waals surface area contributed by atoms with E-state index in [1.165, 1.54) is 0 Å². The fraction of sp³-hybridized carbons (Fsp3) is 0.217. The summed E-state index contributed by atoms with van der Waals surface area (Å²) in [6, 6.07) is 4.74. The average Bonchev–Trinajstić information content (AvgIpc) is 3.60. The molecule has 4 heterocycles. The molecule has 188 valence electrons. The number of hydrogen-bond donors (Lipinski definition) is 6. The number of hydrogen-bond acceptors (Lipinski definition) is 6. The van der Waals surface area contributed by atoms with Crippen LogP contribution in [0.15, 0.2) is 49.2 Å². The molecular formula is C23H28N10O3. The quantitative estimate of drug-likeness (QED) is 0.193. The predicted molar refractivity (Wildman–Crippen MR) is 136 cm³/mol. The number of H-pyrrole nitrogens is 1. The van der Waals surface area contributed by atoms with Crippen LogP contribution in [0.25, 0.3) is 0 Å². The van der Waals surface area contributed by atoms with Gasteiger partial charge in [0.25, 0.3) is 17.7 Å². The molecule has 0 aliphatic heterocycles. The van der Waals surface area contributed by atoms with Crippen molar-refractivity contribution in [2.75, 3.05) is 34.8 Å². The average molecular weight is 493 g/mol. The second-order valence-corrected chi connectivity index (χ2v) is 8.25. The summed E-state index contributed by atoms with van der Waals surface area (Å²) >= 11 is 0. The molecule has 0 spiro atoms. The Labute approximate surface area is 206 Å². The number of aryl methyl sites for hydroxylation is 3. The Kier molecular flexibility index (Phi) is 6.81. The minimum absolute atomic E-state index is 0.274. The minimum atomic E-state index is -0.388. The molecule has 3 amide bonds. The van der Waals surface area contributed by atoms with Gasteiger partial charge in [-0.2, -0.15) is 0 Å². The van der Waals surface area contributed by atoms with Crippen molar-refractivity contribution in [3.63, 3.8) is 0 Å². The van der Waals surface area contributed by atoms with Gasteiger partial charge < -0.3 is 45.7 Å². The lowest BCUT2D eigenvalue weighted by Crippen LogP contribution is -2.30. The molecule has 4 rings (SSSR count). The molecule has 0 bridgehead atoms. The van der Waals surface area contributed by atoms with E-state index < -0.39 is 0 Å². The first-order valence-electron chi connectivity index (χ1n) is 11.1. The highest BCUT2D eigenvalue weighted by Crippen LogP contribution is 2.19. The number of aromatic amines is 1. The number of nitrogens with two attached hydrogens (primary N) is 1. The van der Waals surface area contributed by atoms with Gasteiger partial charge >= 0.3 is 0 Å². The van der Waals surface area contributed by atoms with Gasteiger partial charge in [-0.3, -0.25) is 14.4 Å². The number of nitrogen functional groups attached to an aromatic ring is 1. The molecule has 0 aliphatic carbocycles. The van der Waals surface area contributed by atoms with Gasteiger partial charge in [0.2, 0.25) is 0 Å². The summed E-state index contributed by atoms with van der Waals surface area (Å²) in [6.07, 6.45) is 8.27. The zero-order valence-corrected chi connectivity index (χ0v) is 20.1. The first-order chi connectivity index (χ1) is 17.2. The van der Waals surface area contributed by atoms with Crippen LogP contribution < -0.4 is 27.0 Å². The third-order valence-corrected chi connectivity index (χ3v) is 5.45. The van der Waals surface area contributed by atoms with Gasteiger partial charge in [-0.1, -0.05) is 0 Å². The highest BCUT2D eigenvalue weighted by Gasteiger charge is 2.18. The van der Waals surface area contributed by atoms with Crippen molar-refractivity contribution < 1.29 is 14.4 Å². The molecule has 0 radical (unpaired) electrons. The van der Waals surface area contributed by atoms with E-state index in [0.29, 0.717) is 53.2 Å². The molecule has 36 heavy (non-hydrogen) atoms. The molecule has 13 heteroatoms. The molecule has 0 aliphatic rings. The second-order valence-electron chi connectivity index (χ2n) is 8.25. The summed E-state index contributed by atoms with van der Waals surface area (Å²) in [6.45, 7) is 0.886. The molecule has 0 saturated heterocycles. The normalized spacial score (nSPS) is 10.8. The molecule has 0 unspecified atom stereocenters. The van der Waals surface area contributed by atoms with Crippen LogP contribution in [0.3, 0.4) is 0 Å². The molecule has 7 N–H and O–H groups in total. The maximum atomic E-state index is 12.9. The highest BCUT2D eigenvalue weighted by molar-refractivity contribution is 6.07. The molecule has 13 nitrogen and oxygen atoms in total. The van der Waals surface area contributed by atoms with E-state index in [9.17, 15) is 14.4 Å². The number of rotatable bonds is 9. The molecule has 0 saturated carbocycles. The van der Waals surface area contributed by atoms with Crippen molar-refractivity contribution in [3.8, 4) is 0 Å². The van der Waals surface area contributed by atoms with Crippen molar-refractivity contribution in [3.05, 3.63) is 66.3 Å². The molecule has 4 aromatic heterocycles. The zero-order valence-electron chi connectivity index (χ0n) is 20.1. The van der Waals surface area contributed by atoms with Crippen LogP contribution in [-0.4, -0.2) is 54.5 Å². The van der Waals surface area contributed by atoms with E-state index >= 15 is 0 Å². The molecule has 0 aromatic carbocycles. The first-order valence-corrected chi connectivity index (χ1v) is 11.1. The smallest absolute Gasteiger partial charge is 0.272 e. The number of carbonyl (C=O) groups is 3. The summed E-state index contributed by atoms with van der Waals surface area (Å²) < 4.78 is 4.86. The van der Waals surface area contributed by atoms with Crippen LogP contribution >= 0.6 is 0 Å². The SMILES string of the molecule is Cn1cc(NC(=O)c2cc(NC(=O)c3cc(N)cn3C)cn2C)cc1C(=O)NCCNc1ncc[nH]1. The van der Waals surface area contributed by atoms with E-state index in [4.69, 9.17) is 5.73 Å². The fourth-order valence-corrected chi connectivity index (χ4v) is 3.73. The van der Waals surface area contributed by atoms with Crippen LogP contribution in [0.1, 0.15) is 31.5 Å². The standard InChI is InChI=1S/C23H28N10O3/c1-31-11-14(24)8-17(31)21(35)29-16-10-19(33(3)13-16)22(36)30-15-9-18(32(2)12-15)20(34)25-4-5-26-23-27-6-7-28-23/h6-13H,4-5,24H2,1-3H3,(H,25,34)(H,29,35)(H,30,36)(H2,26,27,28). The van der Waals surface area contributed by atoms with Crippen molar-refractivity contribution in [1.82, 2.24) is 29.0 Å². The van der Waals surface area contributed by atoms with E-state index in [1.807, 2.05) is 0 Å². The number of imidazole rings is 1. The molecular weight excluding hydrogens is 464 g/mol. The van der Waals surface area contributed by atoms with E-state index in [-0.39, 0.29) is 17.7 Å². The number of anilines is 4. The Morgan fingerprint density at radius 3 is 1.92 bits per heavy atom. The van der Waals surface area contributed by atoms with Crippen LogP contribution in [0, 0.1) is 0 Å².